The maximum Gasteiger partial charge on any atom is 0.240 e. The third kappa shape index (κ3) is 2.37. The van der Waals surface area contributed by atoms with Crippen molar-refractivity contribution < 1.29 is 19.0 Å². The first-order valence-electron chi connectivity index (χ1n) is 4.60. The molecule has 17 heavy (non-hydrogen) atoms. The first-order valence-corrected chi connectivity index (χ1v) is 5.39. The summed E-state index contributed by atoms with van der Waals surface area (Å²) >= 11 is 3.25. The van der Waals surface area contributed by atoms with Gasteiger partial charge >= 0.3 is 0 Å². The monoisotopic (exact) mass is 298 g/mol. The van der Waals surface area contributed by atoms with E-state index < -0.39 is 5.78 Å². The molecule has 0 fully saturated rings. The molecule has 0 saturated carbocycles. The molecule has 0 amide bonds. The summed E-state index contributed by atoms with van der Waals surface area (Å²) in [6, 6.07) is 1.60. The summed E-state index contributed by atoms with van der Waals surface area (Å²) < 4.78 is 15.9. The molecule has 0 aliphatic carbocycles. The lowest BCUT2D eigenvalue weighted by atomic mass is 10.1. The van der Waals surface area contributed by atoms with E-state index in [1.807, 2.05) is 5.92 Å². The van der Waals surface area contributed by atoms with Gasteiger partial charge in [0.05, 0.1) is 26.9 Å². The van der Waals surface area contributed by atoms with Crippen molar-refractivity contribution in [2.24, 2.45) is 0 Å². The van der Waals surface area contributed by atoms with Gasteiger partial charge in [0.2, 0.25) is 11.5 Å². The lowest BCUT2D eigenvalue weighted by Crippen LogP contribution is -2.04. The van der Waals surface area contributed by atoms with Crippen LogP contribution in [-0.4, -0.2) is 27.1 Å². The molecule has 0 saturated heterocycles. The lowest BCUT2D eigenvalue weighted by Gasteiger charge is -2.15. The summed E-state index contributed by atoms with van der Waals surface area (Å²) in [4.78, 5) is 11.6. The van der Waals surface area contributed by atoms with Gasteiger partial charge in [-0.15, -0.1) is 6.42 Å². The molecule has 0 aliphatic heterocycles. The van der Waals surface area contributed by atoms with Crippen molar-refractivity contribution in [1.29, 1.82) is 0 Å². The number of ether oxygens (including phenoxy) is 3. The Morgan fingerprint density at radius 3 is 2.24 bits per heavy atom. The standard InChI is InChI=1S/C12H11BrO4/c1-5-8(14)10-7(13)6-9(15-2)11(16-3)12(10)17-4/h1,6H,2-4H3. The van der Waals surface area contributed by atoms with Crippen LogP contribution in [0.2, 0.25) is 0 Å². The van der Waals surface area contributed by atoms with Crippen molar-refractivity contribution in [2.75, 3.05) is 21.3 Å². The average Bonchev–Trinajstić information content (AvgIpc) is 2.36. The summed E-state index contributed by atoms with van der Waals surface area (Å²) in [7, 11) is 4.38. The minimum Gasteiger partial charge on any atom is -0.493 e. The molecule has 0 bridgehead atoms. The molecule has 1 aromatic rings. The van der Waals surface area contributed by atoms with Crippen LogP contribution < -0.4 is 14.2 Å². The van der Waals surface area contributed by atoms with Gasteiger partial charge in [0.25, 0.3) is 0 Å². The van der Waals surface area contributed by atoms with Gasteiger partial charge in [0.15, 0.2) is 11.5 Å². The van der Waals surface area contributed by atoms with Gasteiger partial charge in [-0.05, 0) is 27.9 Å². The fourth-order valence-corrected chi connectivity index (χ4v) is 1.98. The highest BCUT2D eigenvalue weighted by atomic mass is 79.9. The summed E-state index contributed by atoms with van der Waals surface area (Å²) in [6.07, 6.45) is 5.11. The Bertz CT molecular complexity index is 488. The van der Waals surface area contributed by atoms with E-state index in [1.165, 1.54) is 21.3 Å². The van der Waals surface area contributed by atoms with Crippen molar-refractivity contribution in [3.05, 3.63) is 16.1 Å². The summed E-state index contributed by atoms with van der Waals surface area (Å²) in [5.74, 6) is 2.58. The summed E-state index contributed by atoms with van der Waals surface area (Å²) in [6.45, 7) is 0. The topological polar surface area (TPSA) is 44.8 Å². The number of carbonyl (C=O) groups is 1. The molecule has 0 aliphatic rings. The second-order valence-corrected chi connectivity index (χ2v) is 3.83. The second kappa shape index (κ2) is 5.60. The zero-order valence-electron chi connectivity index (χ0n) is 9.67. The van der Waals surface area contributed by atoms with Crippen molar-refractivity contribution >= 4 is 21.7 Å². The Morgan fingerprint density at radius 1 is 1.24 bits per heavy atom. The first-order chi connectivity index (χ1) is 8.10. The van der Waals surface area contributed by atoms with Gasteiger partial charge in [-0.2, -0.15) is 0 Å². The molecule has 0 aromatic heterocycles. The molecule has 0 radical (unpaired) electrons. The molecule has 1 rings (SSSR count). The van der Waals surface area contributed by atoms with Crippen LogP contribution in [0, 0.1) is 12.3 Å². The number of methoxy groups -OCH3 is 3. The Morgan fingerprint density at radius 2 is 1.82 bits per heavy atom. The number of benzene rings is 1. The minimum atomic E-state index is -0.491. The van der Waals surface area contributed by atoms with Crippen molar-refractivity contribution in [2.45, 2.75) is 0 Å². The largest absolute Gasteiger partial charge is 0.493 e. The van der Waals surface area contributed by atoms with Gasteiger partial charge in [-0.3, -0.25) is 4.79 Å². The van der Waals surface area contributed by atoms with E-state index in [4.69, 9.17) is 20.6 Å². The Balaban J connectivity index is 3.61. The number of rotatable bonds is 4. The van der Waals surface area contributed by atoms with Crippen molar-refractivity contribution in [1.82, 2.24) is 0 Å². The smallest absolute Gasteiger partial charge is 0.240 e. The molecule has 0 N–H and O–H groups in total. The Kier molecular flexibility index (Phi) is 4.41. The van der Waals surface area contributed by atoms with E-state index in [0.717, 1.165) is 0 Å². The van der Waals surface area contributed by atoms with Gasteiger partial charge in [-0.25, -0.2) is 0 Å². The highest BCUT2D eigenvalue weighted by Crippen LogP contribution is 2.43. The molecule has 4 nitrogen and oxygen atoms in total. The summed E-state index contributed by atoms with van der Waals surface area (Å²) in [5, 5.41) is 0. The number of ketones is 1. The van der Waals surface area contributed by atoms with Crippen LogP contribution in [0.1, 0.15) is 10.4 Å². The fourth-order valence-electron chi connectivity index (χ4n) is 1.41. The zero-order chi connectivity index (χ0) is 13.0. The van der Waals surface area contributed by atoms with E-state index >= 15 is 0 Å². The maximum absolute atomic E-state index is 11.6. The van der Waals surface area contributed by atoms with Crippen LogP contribution in [0.15, 0.2) is 10.5 Å². The fraction of sp³-hybridized carbons (Fsp3) is 0.250. The van der Waals surface area contributed by atoms with Crippen LogP contribution in [0.4, 0.5) is 0 Å². The Hall–Kier alpha value is -1.67. The van der Waals surface area contributed by atoms with Gasteiger partial charge in [0, 0.05) is 4.47 Å². The van der Waals surface area contributed by atoms with Gasteiger partial charge < -0.3 is 14.2 Å². The average molecular weight is 299 g/mol. The van der Waals surface area contributed by atoms with Gasteiger partial charge in [0.1, 0.15) is 0 Å². The maximum atomic E-state index is 11.6. The number of carbonyl (C=O) groups excluding carboxylic acids is 1. The van der Waals surface area contributed by atoms with Crippen LogP contribution in [0.25, 0.3) is 0 Å². The summed E-state index contributed by atoms with van der Waals surface area (Å²) in [5.41, 5.74) is 0.243. The van der Waals surface area contributed by atoms with Crippen LogP contribution in [0.5, 0.6) is 17.2 Å². The second-order valence-electron chi connectivity index (χ2n) is 2.98. The molecule has 0 unspecified atom stereocenters. The van der Waals surface area contributed by atoms with E-state index in [9.17, 15) is 4.79 Å². The third-order valence-corrected chi connectivity index (χ3v) is 2.77. The molecule has 5 heteroatoms. The van der Waals surface area contributed by atoms with E-state index in [1.54, 1.807) is 6.07 Å². The lowest BCUT2D eigenvalue weighted by molar-refractivity contribution is 0.105. The molecule has 0 atom stereocenters. The number of hydrogen-bond acceptors (Lipinski definition) is 4. The molecule has 0 spiro atoms. The quantitative estimate of drug-likeness (QED) is 0.486. The van der Waals surface area contributed by atoms with Gasteiger partial charge in [-0.1, -0.05) is 0 Å². The molecule has 90 valence electrons. The Labute approximate surface area is 108 Å². The number of halogens is 1. The first kappa shape index (κ1) is 13.4. The molecule has 1 aromatic carbocycles. The number of terminal acetylenes is 1. The van der Waals surface area contributed by atoms with Crippen LogP contribution in [0.3, 0.4) is 0 Å². The van der Waals surface area contributed by atoms with E-state index in [0.29, 0.717) is 16.0 Å². The molecular weight excluding hydrogens is 288 g/mol. The van der Waals surface area contributed by atoms with E-state index in [2.05, 4.69) is 15.9 Å². The predicted octanol–water partition coefficient (Wildman–Crippen LogP) is 2.29. The molecular formula is C12H11BrO4. The van der Waals surface area contributed by atoms with Crippen molar-refractivity contribution in [3.8, 4) is 29.6 Å². The van der Waals surface area contributed by atoms with Crippen LogP contribution in [-0.2, 0) is 0 Å². The predicted molar refractivity (Wildman–Crippen MR) is 67.0 cm³/mol. The third-order valence-electron chi connectivity index (χ3n) is 2.14. The normalized spacial score (nSPS) is 9.35. The SMILES string of the molecule is C#CC(=O)c1c(Br)cc(OC)c(OC)c1OC. The number of hydrogen-bond donors (Lipinski definition) is 0. The molecule has 0 heterocycles. The van der Waals surface area contributed by atoms with E-state index in [-0.39, 0.29) is 11.3 Å². The number of Topliss-reactive ketones (excluding diaryl/α,β-unsaturated/α-hetero) is 1. The zero-order valence-corrected chi connectivity index (χ0v) is 11.3. The minimum absolute atomic E-state index is 0.243. The highest BCUT2D eigenvalue weighted by Gasteiger charge is 2.23. The van der Waals surface area contributed by atoms with Crippen LogP contribution >= 0.6 is 15.9 Å². The highest BCUT2D eigenvalue weighted by molar-refractivity contribution is 9.10. The van der Waals surface area contributed by atoms with Crippen molar-refractivity contribution in [3.63, 3.8) is 0 Å².